The topological polar surface area (TPSA) is 74.8 Å². The molecule has 0 saturated carbocycles. The lowest BCUT2D eigenvalue weighted by molar-refractivity contribution is 0.820. The fourth-order valence-electron chi connectivity index (χ4n) is 2.56. The quantitative estimate of drug-likeness (QED) is 0.549. The molecule has 3 N–H and O–H groups in total. The van der Waals surface area contributed by atoms with Gasteiger partial charge in [0.05, 0.1) is 5.69 Å². The molecule has 0 amide bonds. The van der Waals surface area contributed by atoms with Gasteiger partial charge in [-0.25, -0.2) is 15.0 Å². The van der Waals surface area contributed by atoms with Crippen LogP contribution in [0.1, 0.15) is 5.56 Å². The van der Waals surface area contributed by atoms with Crippen molar-refractivity contribution >= 4 is 29.1 Å². The molecule has 134 valence electrons. The highest BCUT2D eigenvalue weighted by Gasteiger charge is 2.10. The molecule has 7 heteroatoms. The van der Waals surface area contributed by atoms with E-state index in [0.717, 1.165) is 41.4 Å². The summed E-state index contributed by atoms with van der Waals surface area (Å²) >= 11 is 6.03. The Kier molecular flexibility index (Phi) is 5.99. The predicted octanol–water partition coefficient (Wildman–Crippen LogP) is 3.88. The van der Waals surface area contributed by atoms with Gasteiger partial charge in [0, 0.05) is 47.3 Å². The third-order valence-electron chi connectivity index (χ3n) is 3.88. The Morgan fingerprint density at radius 2 is 1.88 bits per heavy atom. The van der Waals surface area contributed by atoms with E-state index in [-0.39, 0.29) is 0 Å². The van der Waals surface area contributed by atoms with E-state index in [1.807, 2.05) is 50.4 Å². The maximum atomic E-state index is 6.03. The second-order valence-corrected chi connectivity index (χ2v) is 6.20. The highest BCUT2D eigenvalue weighted by atomic mass is 35.5. The van der Waals surface area contributed by atoms with Gasteiger partial charge in [-0.3, -0.25) is 0 Å². The van der Waals surface area contributed by atoms with Crippen LogP contribution >= 0.6 is 11.6 Å². The summed E-state index contributed by atoms with van der Waals surface area (Å²) in [6.07, 6.45) is 3.53. The molecule has 26 heavy (non-hydrogen) atoms. The maximum absolute atomic E-state index is 6.03. The number of halogens is 1. The van der Waals surface area contributed by atoms with Crippen molar-refractivity contribution in [2.75, 3.05) is 30.8 Å². The van der Waals surface area contributed by atoms with Crippen LogP contribution < -0.4 is 16.0 Å². The molecule has 0 spiro atoms. The average molecular weight is 369 g/mol. The van der Waals surface area contributed by atoms with Crippen molar-refractivity contribution in [1.29, 1.82) is 0 Å². The lowest BCUT2D eigenvalue weighted by Crippen LogP contribution is -2.18. The number of pyridine rings is 1. The van der Waals surface area contributed by atoms with E-state index in [2.05, 4.69) is 30.9 Å². The number of aromatic nitrogens is 3. The van der Waals surface area contributed by atoms with E-state index in [1.54, 1.807) is 12.4 Å². The van der Waals surface area contributed by atoms with Crippen molar-refractivity contribution in [3.8, 4) is 11.3 Å². The van der Waals surface area contributed by atoms with Gasteiger partial charge >= 0.3 is 0 Å². The van der Waals surface area contributed by atoms with Gasteiger partial charge in [-0.1, -0.05) is 17.7 Å². The lowest BCUT2D eigenvalue weighted by Gasteiger charge is -2.12. The van der Waals surface area contributed by atoms with Crippen LogP contribution in [0.25, 0.3) is 11.3 Å². The minimum absolute atomic E-state index is 0.519. The maximum Gasteiger partial charge on any atom is 0.227 e. The second kappa shape index (κ2) is 8.60. The molecule has 0 bridgehead atoms. The SMILES string of the molecule is CNCCNc1nccc(-c2ccnc(Nc3cccc(Cl)c3)n2)c1C. The van der Waals surface area contributed by atoms with Gasteiger partial charge in [-0.2, -0.15) is 0 Å². The van der Waals surface area contributed by atoms with Crippen LogP contribution in [-0.4, -0.2) is 35.1 Å². The van der Waals surface area contributed by atoms with Crippen molar-refractivity contribution < 1.29 is 0 Å². The van der Waals surface area contributed by atoms with E-state index in [4.69, 9.17) is 11.6 Å². The first-order valence-corrected chi connectivity index (χ1v) is 8.75. The molecule has 6 nitrogen and oxygen atoms in total. The Bertz CT molecular complexity index is 883. The molecular weight excluding hydrogens is 348 g/mol. The number of anilines is 3. The summed E-state index contributed by atoms with van der Waals surface area (Å²) in [5.74, 6) is 1.38. The fourth-order valence-corrected chi connectivity index (χ4v) is 2.75. The van der Waals surface area contributed by atoms with Gasteiger partial charge in [0.2, 0.25) is 5.95 Å². The van der Waals surface area contributed by atoms with Crippen LogP contribution in [0.15, 0.2) is 48.8 Å². The molecule has 0 aliphatic rings. The van der Waals surface area contributed by atoms with Gasteiger partial charge in [-0.05, 0) is 44.3 Å². The van der Waals surface area contributed by atoms with Crippen LogP contribution in [0.4, 0.5) is 17.5 Å². The number of rotatable bonds is 7. The van der Waals surface area contributed by atoms with Gasteiger partial charge in [0.25, 0.3) is 0 Å². The largest absolute Gasteiger partial charge is 0.369 e. The molecule has 3 aromatic rings. The minimum atomic E-state index is 0.519. The van der Waals surface area contributed by atoms with Crippen LogP contribution in [0.2, 0.25) is 5.02 Å². The van der Waals surface area contributed by atoms with Gasteiger partial charge in [0.1, 0.15) is 5.82 Å². The zero-order valence-electron chi connectivity index (χ0n) is 14.8. The summed E-state index contributed by atoms with van der Waals surface area (Å²) < 4.78 is 0. The Hall–Kier alpha value is -2.70. The molecule has 0 atom stereocenters. The number of likely N-dealkylation sites (N-methyl/N-ethyl adjacent to an activating group) is 1. The summed E-state index contributed by atoms with van der Waals surface area (Å²) in [7, 11) is 1.92. The zero-order chi connectivity index (χ0) is 18.4. The highest BCUT2D eigenvalue weighted by molar-refractivity contribution is 6.30. The summed E-state index contributed by atoms with van der Waals surface area (Å²) in [5, 5.41) is 10.3. The Labute approximate surface area is 158 Å². The number of nitrogens with zero attached hydrogens (tertiary/aromatic N) is 3. The minimum Gasteiger partial charge on any atom is -0.369 e. The zero-order valence-corrected chi connectivity index (χ0v) is 15.5. The Morgan fingerprint density at radius 1 is 1.04 bits per heavy atom. The molecule has 0 fully saturated rings. The van der Waals surface area contributed by atoms with E-state index in [0.29, 0.717) is 11.0 Å². The first-order chi connectivity index (χ1) is 12.7. The van der Waals surface area contributed by atoms with Crippen molar-refractivity contribution in [3.63, 3.8) is 0 Å². The number of hydrogen-bond acceptors (Lipinski definition) is 6. The molecular formula is C19H21ClN6. The fraction of sp³-hybridized carbons (Fsp3) is 0.211. The molecule has 2 heterocycles. The molecule has 0 aliphatic heterocycles. The molecule has 0 radical (unpaired) electrons. The summed E-state index contributed by atoms with van der Waals surface area (Å²) in [5.41, 5.74) is 3.75. The summed E-state index contributed by atoms with van der Waals surface area (Å²) in [4.78, 5) is 13.4. The number of nitrogens with one attached hydrogen (secondary N) is 3. The summed E-state index contributed by atoms with van der Waals surface area (Å²) in [6.45, 7) is 3.71. The Morgan fingerprint density at radius 3 is 2.69 bits per heavy atom. The van der Waals surface area contributed by atoms with E-state index < -0.39 is 0 Å². The van der Waals surface area contributed by atoms with Gasteiger partial charge in [-0.15, -0.1) is 0 Å². The van der Waals surface area contributed by atoms with E-state index >= 15 is 0 Å². The van der Waals surface area contributed by atoms with Gasteiger partial charge < -0.3 is 16.0 Å². The third-order valence-corrected chi connectivity index (χ3v) is 4.12. The highest BCUT2D eigenvalue weighted by Crippen LogP contribution is 2.26. The predicted molar refractivity (Wildman–Crippen MR) is 107 cm³/mol. The second-order valence-electron chi connectivity index (χ2n) is 5.76. The van der Waals surface area contributed by atoms with Crippen LogP contribution in [0, 0.1) is 6.92 Å². The van der Waals surface area contributed by atoms with Gasteiger partial charge in [0.15, 0.2) is 0 Å². The smallest absolute Gasteiger partial charge is 0.227 e. The standard InChI is InChI=1S/C19H21ClN6/c1-13-16(6-8-22-18(13)23-11-10-21-2)17-7-9-24-19(26-17)25-15-5-3-4-14(20)12-15/h3-9,12,21H,10-11H2,1-2H3,(H,22,23)(H,24,25,26). The van der Waals surface area contributed by atoms with Crippen LogP contribution in [-0.2, 0) is 0 Å². The molecule has 1 aromatic carbocycles. The van der Waals surface area contributed by atoms with Crippen LogP contribution in [0.3, 0.4) is 0 Å². The Balaban J connectivity index is 1.85. The van der Waals surface area contributed by atoms with Crippen molar-refractivity contribution in [3.05, 3.63) is 59.4 Å². The lowest BCUT2D eigenvalue weighted by atomic mass is 10.1. The third kappa shape index (κ3) is 4.47. The molecule has 0 saturated heterocycles. The van der Waals surface area contributed by atoms with E-state index in [9.17, 15) is 0 Å². The monoisotopic (exact) mass is 368 g/mol. The first-order valence-electron chi connectivity index (χ1n) is 8.37. The van der Waals surface area contributed by atoms with Crippen molar-refractivity contribution in [2.45, 2.75) is 6.92 Å². The molecule has 0 aliphatic carbocycles. The number of hydrogen-bond donors (Lipinski definition) is 3. The van der Waals surface area contributed by atoms with Crippen LogP contribution in [0.5, 0.6) is 0 Å². The normalized spacial score (nSPS) is 10.6. The number of benzene rings is 1. The molecule has 3 rings (SSSR count). The average Bonchev–Trinajstić information content (AvgIpc) is 2.63. The van der Waals surface area contributed by atoms with Crippen molar-refractivity contribution in [1.82, 2.24) is 20.3 Å². The summed E-state index contributed by atoms with van der Waals surface area (Å²) in [6, 6.07) is 11.3. The van der Waals surface area contributed by atoms with Crippen molar-refractivity contribution in [2.24, 2.45) is 0 Å². The molecule has 0 unspecified atom stereocenters. The van der Waals surface area contributed by atoms with E-state index in [1.165, 1.54) is 0 Å². The molecule has 2 aromatic heterocycles. The first kappa shape index (κ1) is 18.1.